The minimum absolute atomic E-state index is 0.0514. The van der Waals surface area contributed by atoms with Gasteiger partial charge in [0.2, 0.25) is 11.8 Å². The molecule has 0 aliphatic heterocycles. The Morgan fingerprint density at radius 2 is 2.00 bits per heavy atom. The lowest BCUT2D eigenvalue weighted by Crippen LogP contribution is -2.41. The van der Waals surface area contributed by atoms with E-state index in [-0.39, 0.29) is 12.1 Å². The highest BCUT2D eigenvalue weighted by molar-refractivity contribution is 6.30. The van der Waals surface area contributed by atoms with Gasteiger partial charge in [0.15, 0.2) is 0 Å². The minimum Gasteiger partial charge on any atom is -0.474 e. The van der Waals surface area contributed by atoms with Crippen LogP contribution < -0.4 is 10.1 Å². The zero-order valence-electron chi connectivity index (χ0n) is 11.7. The van der Waals surface area contributed by atoms with Gasteiger partial charge in [-0.3, -0.25) is 4.79 Å². The Morgan fingerprint density at radius 1 is 1.32 bits per heavy atom. The molecular weight excluding hydrogens is 321 g/mol. The third kappa shape index (κ3) is 5.71. The number of hydrogen-bond acceptors (Lipinski definition) is 3. The van der Waals surface area contributed by atoms with Gasteiger partial charge in [-0.2, -0.15) is 13.2 Å². The number of nitrogens with zero attached hydrogens (tertiary/aromatic N) is 1. The second-order valence-corrected chi connectivity index (χ2v) is 5.70. The van der Waals surface area contributed by atoms with Crippen molar-refractivity contribution < 1.29 is 22.7 Å². The average molecular weight is 337 g/mol. The van der Waals surface area contributed by atoms with E-state index in [4.69, 9.17) is 16.3 Å². The topological polar surface area (TPSA) is 51.2 Å². The lowest BCUT2D eigenvalue weighted by molar-refractivity contribution is -0.154. The van der Waals surface area contributed by atoms with Crippen LogP contribution in [0.2, 0.25) is 5.02 Å². The van der Waals surface area contributed by atoms with Crippen molar-refractivity contribution in [2.45, 2.75) is 50.4 Å². The van der Waals surface area contributed by atoms with Crippen LogP contribution in [-0.4, -0.2) is 29.2 Å². The highest BCUT2D eigenvalue weighted by Crippen LogP contribution is 2.24. The summed E-state index contributed by atoms with van der Waals surface area (Å²) in [5.74, 6) is -0.509. The first kappa shape index (κ1) is 16.9. The monoisotopic (exact) mass is 336 g/mol. The van der Waals surface area contributed by atoms with Crippen LogP contribution in [0.5, 0.6) is 5.88 Å². The number of hydrogen-bond donors (Lipinski definition) is 1. The van der Waals surface area contributed by atoms with Gasteiger partial charge in [-0.25, -0.2) is 4.98 Å². The Hall–Kier alpha value is -1.50. The van der Waals surface area contributed by atoms with Gasteiger partial charge in [0.05, 0.1) is 5.02 Å². The summed E-state index contributed by atoms with van der Waals surface area (Å²) in [6, 6.07) is 3.11. The van der Waals surface area contributed by atoms with E-state index in [1.807, 2.05) is 0 Å². The van der Waals surface area contributed by atoms with E-state index in [2.05, 4.69) is 10.3 Å². The van der Waals surface area contributed by atoms with Crippen molar-refractivity contribution in [1.82, 2.24) is 10.3 Å². The summed E-state index contributed by atoms with van der Waals surface area (Å²) in [5.41, 5.74) is 0. The number of pyridine rings is 1. The molecule has 0 bridgehead atoms. The van der Waals surface area contributed by atoms with Crippen molar-refractivity contribution in [1.29, 1.82) is 0 Å². The minimum atomic E-state index is -4.47. The Labute approximate surface area is 131 Å². The molecule has 0 saturated heterocycles. The molecule has 1 heterocycles. The number of rotatable bonds is 4. The van der Waals surface area contributed by atoms with Crippen molar-refractivity contribution in [3.63, 3.8) is 0 Å². The number of carbonyl (C=O) groups is 1. The second kappa shape index (κ2) is 7.17. The first-order valence-corrected chi connectivity index (χ1v) is 7.34. The number of aromatic nitrogens is 1. The molecule has 8 heteroatoms. The number of nitrogens with one attached hydrogen (secondary N) is 1. The SMILES string of the molecule is O=C(CC(F)(F)F)NC1CCC(Oc2ccc(Cl)cn2)CC1. The molecule has 0 spiro atoms. The molecular formula is C14H16ClF3N2O2. The summed E-state index contributed by atoms with van der Waals surface area (Å²) in [6.07, 6.45) is -1.99. The first-order valence-electron chi connectivity index (χ1n) is 6.96. The quantitative estimate of drug-likeness (QED) is 0.915. The fourth-order valence-corrected chi connectivity index (χ4v) is 2.50. The van der Waals surface area contributed by atoms with Gasteiger partial charge in [0.25, 0.3) is 0 Å². The van der Waals surface area contributed by atoms with E-state index < -0.39 is 18.5 Å². The molecule has 1 aromatic heterocycles. The standard InChI is InChI=1S/C14H16ClF3N2O2/c15-9-1-6-13(19-8-9)22-11-4-2-10(3-5-11)20-12(21)7-14(16,17)18/h1,6,8,10-11H,2-5,7H2,(H,20,21). The molecule has 2 rings (SSSR count). The Morgan fingerprint density at radius 3 is 2.55 bits per heavy atom. The summed E-state index contributed by atoms with van der Waals surface area (Å²) in [4.78, 5) is 15.3. The smallest absolute Gasteiger partial charge is 0.397 e. The van der Waals surface area contributed by atoms with Crippen molar-refractivity contribution in [3.05, 3.63) is 23.4 Å². The van der Waals surface area contributed by atoms with Crippen molar-refractivity contribution >= 4 is 17.5 Å². The normalized spacial score (nSPS) is 22.2. The molecule has 0 unspecified atom stereocenters. The molecule has 1 aliphatic carbocycles. The summed E-state index contributed by atoms with van der Waals surface area (Å²) in [6.45, 7) is 0. The Bertz CT molecular complexity index is 500. The number of halogens is 4. The van der Waals surface area contributed by atoms with E-state index in [1.165, 1.54) is 6.20 Å². The van der Waals surface area contributed by atoms with Crippen LogP contribution in [0, 0.1) is 0 Å². The lowest BCUT2D eigenvalue weighted by atomic mass is 9.93. The van der Waals surface area contributed by atoms with Gasteiger partial charge >= 0.3 is 6.18 Å². The highest BCUT2D eigenvalue weighted by Gasteiger charge is 2.32. The maximum Gasteiger partial charge on any atom is 0.397 e. The Kier molecular flexibility index (Phi) is 5.50. The largest absolute Gasteiger partial charge is 0.474 e. The molecule has 1 N–H and O–H groups in total. The predicted octanol–water partition coefficient (Wildman–Crippen LogP) is 3.49. The molecule has 122 valence electrons. The lowest BCUT2D eigenvalue weighted by Gasteiger charge is -2.29. The molecule has 0 atom stereocenters. The van der Waals surface area contributed by atoms with Gasteiger partial charge in [-0.15, -0.1) is 0 Å². The van der Waals surface area contributed by atoms with Crippen LogP contribution >= 0.6 is 11.6 Å². The van der Waals surface area contributed by atoms with Crippen LogP contribution in [-0.2, 0) is 4.79 Å². The molecule has 1 saturated carbocycles. The van der Waals surface area contributed by atoms with Crippen LogP contribution in [0.15, 0.2) is 18.3 Å². The number of amides is 1. The van der Waals surface area contributed by atoms with E-state index in [0.29, 0.717) is 36.6 Å². The summed E-state index contributed by atoms with van der Waals surface area (Å²) < 4.78 is 42.0. The van der Waals surface area contributed by atoms with Gasteiger partial charge in [0.1, 0.15) is 12.5 Å². The van der Waals surface area contributed by atoms with Crippen LogP contribution in [0.4, 0.5) is 13.2 Å². The molecule has 0 radical (unpaired) electrons. The third-order valence-electron chi connectivity index (χ3n) is 3.39. The second-order valence-electron chi connectivity index (χ2n) is 5.27. The summed E-state index contributed by atoms with van der Waals surface area (Å²) >= 11 is 5.73. The molecule has 1 amide bonds. The van der Waals surface area contributed by atoms with Gasteiger partial charge < -0.3 is 10.1 Å². The van der Waals surface area contributed by atoms with Crippen molar-refractivity contribution in [3.8, 4) is 5.88 Å². The van der Waals surface area contributed by atoms with E-state index >= 15 is 0 Å². The molecule has 1 aliphatic rings. The van der Waals surface area contributed by atoms with E-state index in [9.17, 15) is 18.0 Å². The number of carbonyl (C=O) groups excluding carboxylic acids is 1. The summed E-state index contributed by atoms with van der Waals surface area (Å²) in [7, 11) is 0. The van der Waals surface area contributed by atoms with Gasteiger partial charge in [-0.1, -0.05) is 11.6 Å². The molecule has 22 heavy (non-hydrogen) atoms. The third-order valence-corrected chi connectivity index (χ3v) is 3.61. The number of ether oxygens (including phenoxy) is 1. The predicted molar refractivity (Wildman–Crippen MR) is 74.7 cm³/mol. The van der Waals surface area contributed by atoms with Gasteiger partial charge in [-0.05, 0) is 31.7 Å². The molecule has 1 aromatic rings. The van der Waals surface area contributed by atoms with Crippen molar-refractivity contribution in [2.75, 3.05) is 0 Å². The van der Waals surface area contributed by atoms with E-state index in [0.717, 1.165) is 0 Å². The average Bonchev–Trinajstić information content (AvgIpc) is 2.41. The molecule has 1 fully saturated rings. The van der Waals surface area contributed by atoms with Crippen LogP contribution in [0.3, 0.4) is 0 Å². The van der Waals surface area contributed by atoms with Crippen LogP contribution in [0.1, 0.15) is 32.1 Å². The van der Waals surface area contributed by atoms with Crippen molar-refractivity contribution in [2.24, 2.45) is 0 Å². The zero-order chi connectivity index (χ0) is 16.2. The molecule has 0 aromatic carbocycles. The fraction of sp³-hybridized carbons (Fsp3) is 0.571. The maximum absolute atomic E-state index is 12.1. The zero-order valence-corrected chi connectivity index (χ0v) is 12.5. The highest BCUT2D eigenvalue weighted by atomic mass is 35.5. The fourth-order valence-electron chi connectivity index (χ4n) is 2.39. The van der Waals surface area contributed by atoms with Crippen LogP contribution in [0.25, 0.3) is 0 Å². The summed E-state index contributed by atoms with van der Waals surface area (Å²) in [5, 5.41) is 2.94. The maximum atomic E-state index is 12.1. The molecule has 4 nitrogen and oxygen atoms in total. The number of alkyl halides is 3. The van der Waals surface area contributed by atoms with E-state index in [1.54, 1.807) is 12.1 Å². The Balaban J connectivity index is 1.73. The van der Waals surface area contributed by atoms with Gasteiger partial charge in [0, 0.05) is 18.3 Å². The first-order chi connectivity index (χ1) is 10.3.